The average molecular weight is 321 g/mol. The number of rotatable bonds is 3. The highest BCUT2D eigenvalue weighted by molar-refractivity contribution is 14.1. The summed E-state index contributed by atoms with van der Waals surface area (Å²) in [5, 5.41) is 8.98. The Balaban J connectivity index is 2.80. The molecule has 0 fully saturated rings. The number of aromatic carboxylic acids is 1. The van der Waals surface area contributed by atoms with Crippen molar-refractivity contribution in [3.63, 3.8) is 0 Å². The first-order valence-electron chi connectivity index (χ1n) is 4.88. The minimum atomic E-state index is -0.855. The molecule has 1 rings (SSSR count). The molecule has 0 aliphatic rings. The summed E-state index contributed by atoms with van der Waals surface area (Å²) >= 11 is 2.14. The van der Waals surface area contributed by atoms with E-state index < -0.39 is 5.97 Å². The molecule has 0 saturated heterocycles. The van der Waals surface area contributed by atoms with E-state index in [1.807, 2.05) is 10.8 Å². The fourth-order valence-electron chi connectivity index (χ4n) is 1.29. The molecule has 1 aromatic heterocycles. The van der Waals surface area contributed by atoms with Gasteiger partial charge in [-0.1, -0.05) is 20.8 Å². The van der Waals surface area contributed by atoms with Crippen molar-refractivity contribution in [2.75, 3.05) is 0 Å². The minimum Gasteiger partial charge on any atom is -0.477 e. The zero-order chi connectivity index (χ0) is 11.6. The van der Waals surface area contributed by atoms with Gasteiger partial charge in [-0.2, -0.15) is 0 Å². The fourth-order valence-corrected chi connectivity index (χ4v) is 1.93. The van der Waals surface area contributed by atoms with E-state index in [4.69, 9.17) is 5.11 Å². The van der Waals surface area contributed by atoms with E-state index in [2.05, 4.69) is 43.4 Å². The highest BCUT2D eigenvalue weighted by Crippen LogP contribution is 2.21. The summed E-state index contributed by atoms with van der Waals surface area (Å²) in [6, 6.07) is 1.70. The molecule has 4 heteroatoms. The Morgan fingerprint density at radius 2 is 2.13 bits per heavy atom. The number of halogens is 1. The second-order valence-electron chi connectivity index (χ2n) is 4.85. The van der Waals surface area contributed by atoms with Crippen LogP contribution in [0.2, 0.25) is 0 Å². The van der Waals surface area contributed by atoms with Crippen LogP contribution in [0.15, 0.2) is 12.3 Å². The predicted octanol–water partition coefficient (Wildman–Crippen LogP) is 3.23. The predicted molar refractivity (Wildman–Crippen MR) is 68.2 cm³/mol. The highest BCUT2D eigenvalue weighted by atomic mass is 127. The van der Waals surface area contributed by atoms with Crippen molar-refractivity contribution in [3.8, 4) is 0 Å². The highest BCUT2D eigenvalue weighted by Gasteiger charge is 2.14. The number of aryl methyl sites for hydroxylation is 1. The number of hydrogen-bond donors (Lipinski definition) is 1. The maximum absolute atomic E-state index is 10.9. The van der Waals surface area contributed by atoms with Crippen LogP contribution in [0.3, 0.4) is 0 Å². The molecule has 0 saturated carbocycles. The molecular formula is C11H16INO2. The van der Waals surface area contributed by atoms with Crippen LogP contribution in [0.1, 0.15) is 37.7 Å². The molecular weight excluding hydrogens is 305 g/mol. The maximum atomic E-state index is 10.9. The van der Waals surface area contributed by atoms with Crippen LogP contribution in [0.25, 0.3) is 0 Å². The second kappa shape index (κ2) is 4.55. The molecule has 0 bridgehead atoms. The molecule has 3 nitrogen and oxygen atoms in total. The molecule has 0 atom stereocenters. The quantitative estimate of drug-likeness (QED) is 0.869. The van der Waals surface area contributed by atoms with Gasteiger partial charge in [0.05, 0.1) is 0 Å². The van der Waals surface area contributed by atoms with Crippen molar-refractivity contribution in [1.29, 1.82) is 0 Å². The summed E-state index contributed by atoms with van der Waals surface area (Å²) in [5.41, 5.74) is 0.606. The first-order valence-corrected chi connectivity index (χ1v) is 5.96. The zero-order valence-corrected chi connectivity index (χ0v) is 11.4. The van der Waals surface area contributed by atoms with Gasteiger partial charge in [0.2, 0.25) is 0 Å². The second-order valence-corrected chi connectivity index (χ2v) is 6.10. The lowest BCUT2D eigenvalue weighted by atomic mass is 9.92. The van der Waals surface area contributed by atoms with E-state index in [0.29, 0.717) is 5.69 Å². The van der Waals surface area contributed by atoms with Gasteiger partial charge in [0.1, 0.15) is 5.69 Å². The van der Waals surface area contributed by atoms with Crippen LogP contribution in [-0.4, -0.2) is 15.6 Å². The lowest BCUT2D eigenvalue weighted by Crippen LogP contribution is -2.13. The van der Waals surface area contributed by atoms with Crippen molar-refractivity contribution in [2.45, 2.75) is 33.7 Å². The van der Waals surface area contributed by atoms with Crippen LogP contribution in [-0.2, 0) is 6.54 Å². The topological polar surface area (TPSA) is 42.2 Å². The van der Waals surface area contributed by atoms with Gasteiger partial charge >= 0.3 is 5.97 Å². The third-order valence-corrected chi connectivity index (χ3v) is 2.77. The average Bonchev–Trinajstić information content (AvgIpc) is 2.42. The van der Waals surface area contributed by atoms with E-state index in [-0.39, 0.29) is 5.41 Å². The molecule has 1 aromatic rings. The van der Waals surface area contributed by atoms with Crippen molar-refractivity contribution in [1.82, 2.24) is 4.57 Å². The smallest absolute Gasteiger partial charge is 0.352 e. The third-order valence-electron chi connectivity index (χ3n) is 2.19. The molecule has 0 spiro atoms. The molecule has 0 aromatic carbocycles. The summed E-state index contributed by atoms with van der Waals surface area (Å²) in [5.74, 6) is -0.855. The molecule has 84 valence electrons. The van der Waals surface area contributed by atoms with Gasteiger partial charge in [-0.3, -0.25) is 0 Å². The van der Waals surface area contributed by atoms with Gasteiger partial charge in [-0.25, -0.2) is 4.79 Å². The van der Waals surface area contributed by atoms with Gasteiger partial charge in [0.15, 0.2) is 0 Å². The summed E-state index contributed by atoms with van der Waals surface area (Å²) in [4.78, 5) is 10.9. The van der Waals surface area contributed by atoms with Crippen LogP contribution in [0.4, 0.5) is 0 Å². The standard InChI is InChI=1S/C11H16INO2/c1-11(2,3)4-5-13-7-8(12)6-9(13)10(14)15/h6-7H,4-5H2,1-3H3,(H,14,15). The van der Waals surface area contributed by atoms with E-state index in [1.54, 1.807) is 6.07 Å². The minimum absolute atomic E-state index is 0.228. The number of carboxylic acid groups (broad SMARTS) is 1. The Morgan fingerprint density at radius 3 is 2.60 bits per heavy atom. The molecule has 15 heavy (non-hydrogen) atoms. The van der Waals surface area contributed by atoms with E-state index in [0.717, 1.165) is 16.5 Å². The van der Waals surface area contributed by atoms with Crippen molar-refractivity contribution in [2.24, 2.45) is 5.41 Å². The Morgan fingerprint density at radius 1 is 1.53 bits per heavy atom. The molecule has 0 amide bonds. The Hall–Kier alpha value is -0.520. The zero-order valence-electron chi connectivity index (χ0n) is 9.25. The van der Waals surface area contributed by atoms with E-state index >= 15 is 0 Å². The van der Waals surface area contributed by atoms with Crippen molar-refractivity contribution >= 4 is 28.6 Å². The number of hydrogen-bond acceptors (Lipinski definition) is 1. The summed E-state index contributed by atoms with van der Waals surface area (Å²) in [6.45, 7) is 7.22. The van der Waals surface area contributed by atoms with Crippen LogP contribution < -0.4 is 0 Å². The summed E-state index contributed by atoms with van der Waals surface area (Å²) in [7, 11) is 0. The molecule has 0 aliphatic carbocycles. The number of aromatic nitrogens is 1. The number of carboxylic acids is 1. The van der Waals surface area contributed by atoms with Crippen LogP contribution in [0, 0.1) is 8.99 Å². The Kier molecular flexibility index (Phi) is 3.81. The monoisotopic (exact) mass is 321 g/mol. The Bertz CT molecular complexity index is 363. The molecule has 1 N–H and O–H groups in total. The maximum Gasteiger partial charge on any atom is 0.352 e. The summed E-state index contributed by atoms with van der Waals surface area (Å²) in [6.07, 6.45) is 2.85. The summed E-state index contributed by atoms with van der Waals surface area (Å²) < 4.78 is 2.79. The SMILES string of the molecule is CC(C)(C)CCn1cc(I)cc1C(=O)O. The Labute approximate surface area is 104 Å². The van der Waals surface area contributed by atoms with Gasteiger partial charge in [-0.05, 0) is 40.5 Å². The molecule has 0 unspecified atom stereocenters. The first kappa shape index (κ1) is 12.5. The molecule has 0 radical (unpaired) electrons. The third kappa shape index (κ3) is 3.85. The largest absolute Gasteiger partial charge is 0.477 e. The normalized spacial score (nSPS) is 11.7. The van der Waals surface area contributed by atoms with Crippen molar-refractivity contribution < 1.29 is 9.90 Å². The van der Waals surface area contributed by atoms with E-state index in [1.165, 1.54) is 0 Å². The van der Waals surface area contributed by atoms with E-state index in [9.17, 15) is 4.79 Å². The van der Waals surface area contributed by atoms with Gasteiger partial charge < -0.3 is 9.67 Å². The van der Waals surface area contributed by atoms with Gasteiger partial charge in [0.25, 0.3) is 0 Å². The number of carbonyl (C=O) groups is 1. The number of nitrogens with zero attached hydrogens (tertiary/aromatic N) is 1. The van der Waals surface area contributed by atoms with Gasteiger partial charge in [0, 0.05) is 16.3 Å². The molecule has 1 heterocycles. The lowest BCUT2D eigenvalue weighted by Gasteiger charge is -2.18. The first-order chi connectivity index (χ1) is 6.79. The lowest BCUT2D eigenvalue weighted by molar-refractivity contribution is 0.0684. The van der Waals surface area contributed by atoms with Gasteiger partial charge in [-0.15, -0.1) is 0 Å². The van der Waals surface area contributed by atoms with Crippen molar-refractivity contribution in [3.05, 3.63) is 21.5 Å². The van der Waals surface area contributed by atoms with Crippen LogP contribution in [0.5, 0.6) is 0 Å². The fraction of sp³-hybridized carbons (Fsp3) is 0.545. The molecule has 0 aliphatic heterocycles. The van der Waals surface area contributed by atoms with Crippen LogP contribution >= 0.6 is 22.6 Å².